The zero-order valence-electron chi connectivity index (χ0n) is 4.00. The largest absolute Gasteiger partial charge is 0.424 e. The zero-order valence-corrected chi connectivity index (χ0v) is 5.58. The Morgan fingerprint density at radius 2 is 1.88 bits per heavy atom. The van der Waals surface area contributed by atoms with Gasteiger partial charge in [-0.3, -0.25) is 0 Å². The van der Waals surface area contributed by atoms with Crippen molar-refractivity contribution in [3.63, 3.8) is 0 Å². The van der Waals surface area contributed by atoms with Gasteiger partial charge in [0.25, 0.3) is 0 Å². The van der Waals surface area contributed by atoms with E-state index in [9.17, 15) is 13.2 Å². The maximum absolute atomic E-state index is 11.3. The van der Waals surface area contributed by atoms with Crippen LogP contribution < -0.4 is 0 Å². The van der Waals surface area contributed by atoms with Gasteiger partial charge in [-0.05, 0) is 15.9 Å². The van der Waals surface area contributed by atoms with Crippen molar-refractivity contribution < 1.29 is 17.9 Å². The summed E-state index contributed by atoms with van der Waals surface area (Å²) >= 11 is 2.25. The normalized spacial score (nSPS) is 16.1. The van der Waals surface area contributed by atoms with Gasteiger partial charge < -0.3 is 4.74 Å². The summed E-state index contributed by atoms with van der Waals surface area (Å²) in [6, 6.07) is 0. The van der Waals surface area contributed by atoms with E-state index in [1.54, 1.807) is 0 Å². The van der Waals surface area contributed by atoms with Crippen molar-refractivity contribution in [1.29, 1.82) is 0 Å². The fraction of sp³-hybridized carbons (Fsp3) is 1.00. The van der Waals surface area contributed by atoms with Crippen LogP contribution in [0, 0.1) is 0 Å². The minimum Gasteiger partial charge on any atom is -0.361 e. The Morgan fingerprint density at radius 1 is 1.50 bits per heavy atom. The summed E-state index contributed by atoms with van der Waals surface area (Å²) in [5.41, 5.74) is 0. The summed E-state index contributed by atoms with van der Waals surface area (Å²) in [7, 11) is 0.979. The predicted octanol–water partition coefficient (Wildman–Crippen LogP) is 1.92. The lowest BCUT2D eigenvalue weighted by atomic mass is 10.7. The van der Waals surface area contributed by atoms with E-state index in [4.69, 9.17) is 0 Å². The molecule has 50 valence electrons. The Balaban J connectivity index is 3.62. The molecule has 0 aliphatic rings. The first-order valence-electron chi connectivity index (χ1n) is 1.72. The third kappa shape index (κ3) is 2.52. The molecule has 0 aliphatic heterocycles. The summed E-state index contributed by atoms with van der Waals surface area (Å²) in [6.45, 7) is 0. The van der Waals surface area contributed by atoms with Gasteiger partial charge in [0.1, 0.15) is 0 Å². The Labute approximate surface area is 52.9 Å². The van der Waals surface area contributed by atoms with Crippen LogP contribution in [0.25, 0.3) is 0 Å². The van der Waals surface area contributed by atoms with Gasteiger partial charge in [-0.25, -0.2) is 0 Å². The molecule has 1 unspecified atom stereocenters. The first-order chi connectivity index (χ1) is 3.48. The number of hydrogen-bond donors (Lipinski definition) is 0. The lowest BCUT2D eigenvalue weighted by Gasteiger charge is -2.10. The van der Waals surface area contributed by atoms with Gasteiger partial charge in [-0.2, -0.15) is 13.2 Å². The molecule has 0 aromatic carbocycles. The van der Waals surface area contributed by atoms with Gasteiger partial charge in [0.2, 0.25) is 5.01 Å². The molecule has 0 aromatic heterocycles. The third-order valence-corrected chi connectivity index (χ3v) is 1.36. The highest BCUT2D eigenvalue weighted by Gasteiger charge is 2.37. The molecule has 1 nitrogen and oxygen atoms in total. The maximum Gasteiger partial charge on any atom is 0.424 e. The van der Waals surface area contributed by atoms with Crippen LogP contribution in [0.3, 0.4) is 0 Å². The van der Waals surface area contributed by atoms with E-state index >= 15 is 0 Å². The molecule has 0 aliphatic carbocycles. The van der Waals surface area contributed by atoms with Crippen molar-refractivity contribution in [3.8, 4) is 0 Å². The van der Waals surface area contributed by atoms with Crippen LogP contribution in [-0.4, -0.2) is 18.3 Å². The Bertz CT molecular complexity index is 71.4. The molecule has 0 saturated heterocycles. The molecule has 0 rings (SSSR count). The maximum atomic E-state index is 11.3. The fourth-order valence-corrected chi connectivity index (χ4v) is 0.134. The molecule has 0 N–H and O–H groups in total. The van der Waals surface area contributed by atoms with Gasteiger partial charge in [0.15, 0.2) is 0 Å². The summed E-state index contributed by atoms with van der Waals surface area (Å²) < 4.78 is 37.7. The highest BCUT2D eigenvalue weighted by Crippen LogP contribution is 2.26. The fourth-order valence-electron chi connectivity index (χ4n) is 0.134. The summed E-state index contributed by atoms with van der Waals surface area (Å²) in [5.74, 6) is 0. The van der Waals surface area contributed by atoms with Gasteiger partial charge in [-0.1, -0.05) is 0 Å². The molecular weight excluding hydrogens is 189 g/mol. The van der Waals surface area contributed by atoms with E-state index in [-0.39, 0.29) is 0 Å². The van der Waals surface area contributed by atoms with Crippen LogP contribution in [0.15, 0.2) is 0 Å². The van der Waals surface area contributed by atoms with Crippen LogP contribution in [0.1, 0.15) is 0 Å². The van der Waals surface area contributed by atoms with Crippen molar-refractivity contribution in [1.82, 2.24) is 0 Å². The molecule has 8 heavy (non-hydrogen) atoms. The summed E-state index contributed by atoms with van der Waals surface area (Å²) in [5, 5.41) is -1.84. The topological polar surface area (TPSA) is 9.23 Å². The molecule has 1 atom stereocenters. The summed E-state index contributed by atoms with van der Waals surface area (Å²) in [6.07, 6.45) is -4.30. The van der Waals surface area contributed by atoms with E-state index in [1.165, 1.54) is 0 Å². The lowest BCUT2D eigenvalue weighted by molar-refractivity contribution is -0.178. The van der Waals surface area contributed by atoms with Crippen LogP contribution in [-0.2, 0) is 4.74 Å². The minimum absolute atomic E-state index is 0.979. The van der Waals surface area contributed by atoms with E-state index in [2.05, 4.69) is 20.7 Å². The SMILES string of the molecule is COC(Br)C(F)(F)F. The Morgan fingerprint density at radius 3 is 1.88 bits per heavy atom. The van der Waals surface area contributed by atoms with Gasteiger partial charge in [0.05, 0.1) is 0 Å². The molecule has 0 radical (unpaired) electrons. The van der Waals surface area contributed by atoms with Crippen molar-refractivity contribution in [2.45, 2.75) is 11.2 Å². The number of methoxy groups -OCH3 is 1. The van der Waals surface area contributed by atoms with Crippen LogP contribution in [0.2, 0.25) is 0 Å². The molecular formula is C3H4BrF3O. The van der Waals surface area contributed by atoms with Crippen molar-refractivity contribution in [3.05, 3.63) is 0 Å². The molecule has 0 spiro atoms. The van der Waals surface area contributed by atoms with Gasteiger partial charge >= 0.3 is 6.18 Å². The lowest BCUT2D eigenvalue weighted by Crippen LogP contribution is -2.23. The second kappa shape index (κ2) is 2.68. The smallest absolute Gasteiger partial charge is 0.361 e. The number of alkyl halides is 4. The standard InChI is InChI=1S/C3H4BrF3O/c1-8-2(4)3(5,6)7/h2H,1H3. The third-order valence-electron chi connectivity index (χ3n) is 0.464. The number of hydrogen-bond acceptors (Lipinski definition) is 1. The van der Waals surface area contributed by atoms with Crippen LogP contribution >= 0.6 is 15.9 Å². The van der Waals surface area contributed by atoms with Crippen LogP contribution in [0.5, 0.6) is 0 Å². The highest BCUT2D eigenvalue weighted by atomic mass is 79.9. The average Bonchev–Trinajstić information content (AvgIpc) is 1.62. The molecule has 5 heteroatoms. The number of halogens is 4. The van der Waals surface area contributed by atoms with E-state index in [1.807, 2.05) is 0 Å². The molecule has 0 heterocycles. The Kier molecular flexibility index (Phi) is 2.76. The number of rotatable bonds is 1. The molecule has 0 amide bonds. The first kappa shape index (κ1) is 8.23. The van der Waals surface area contributed by atoms with E-state index < -0.39 is 11.2 Å². The molecule has 0 aromatic rings. The minimum atomic E-state index is -4.30. The Hall–Kier alpha value is 0.230. The predicted molar refractivity (Wildman–Crippen MR) is 25.8 cm³/mol. The van der Waals surface area contributed by atoms with Crippen molar-refractivity contribution in [2.75, 3.05) is 7.11 Å². The second-order valence-electron chi connectivity index (χ2n) is 1.09. The van der Waals surface area contributed by atoms with Crippen molar-refractivity contribution >= 4 is 15.9 Å². The van der Waals surface area contributed by atoms with E-state index in [0.717, 1.165) is 7.11 Å². The molecule has 0 fully saturated rings. The quantitative estimate of drug-likeness (QED) is 0.578. The van der Waals surface area contributed by atoms with Gasteiger partial charge in [-0.15, -0.1) is 0 Å². The molecule has 0 saturated carbocycles. The van der Waals surface area contributed by atoms with Crippen molar-refractivity contribution in [2.24, 2.45) is 0 Å². The van der Waals surface area contributed by atoms with Gasteiger partial charge in [0, 0.05) is 7.11 Å². The second-order valence-corrected chi connectivity index (χ2v) is 1.93. The zero-order chi connectivity index (χ0) is 6.78. The monoisotopic (exact) mass is 192 g/mol. The average molecular weight is 193 g/mol. The summed E-state index contributed by atoms with van der Waals surface area (Å²) in [4.78, 5) is 0. The molecule has 0 bridgehead atoms. The van der Waals surface area contributed by atoms with E-state index in [0.29, 0.717) is 0 Å². The number of ether oxygens (including phenoxy) is 1. The first-order valence-corrected chi connectivity index (χ1v) is 2.63. The van der Waals surface area contributed by atoms with Crippen LogP contribution in [0.4, 0.5) is 13.2 Å². The highest BCUT2D eigenvalue weighted by molar-refractivity contribution is 9.09.